The van der Waals surface area contributed by atoms with Crippen LogP contribution in [0.25, 0.3) is 0 Å². The highest BCUT2D eigenvalue weighted by molar-refractivity contribution is 7.81. The van der Waals surface area contributed by atoms with Crippen molar-refractivity contribution in [1.82, 2.24) is 4.90 Å². The predicted molar refractivity (Wildman–Crippen MR) is 53.8 cm³/mol. The summed E-state index contributed by atoms with van der Waals surface area (Å²) in [6.45, 7) is 0.538. The average molecular weight is 218 g/mol. The maximum Gasteiger partial charge on any atom is 0.251 e. The molecular weight excluding hydrogens is 204 g/mol. The number of hydrogen-bond donors (Lipinski definition) is 3. The average Bonchev–Trinajstić information content (AvgIpc) is 2.16. The first kappa shape index (κ1) is 11.3. The highest BCUT2D eigenvalue weighted by atomic mass is 32.1. The number of piperidine rings is 1. The predicted octanol–water partition coefficient (Wildman–Crippen LogP) is -1.24. The zero-order chi connectivity index (χ0) is 10.8. The van der Waals surface area contributed by atoms with Crippen molar-refractivity contribution < 1.29 is 14.7 Å². The summed E-state index contributed by atoms with van der Waals surface area (Å²) in [5.74, 6) is -0.878. The number of primary amides is 1. The molecule has 0 aromatic heterocycles. The van der Waals surface area contributed by atoms with Crippen LogP contribution in [0.4, 0.5) is 0 Å². The first-order valence-electron chi connectivity index (χ1n) is 4.40. The molecule has 5 nitrogen and oxygen atoms in total. The van der Waals surface area contributed by atoms with Crippen molar-refractivity contribution in [3.8, 4) is 0 Å². The minimum Gasteiger partial charge on any atom is -0.378 e. The summed E-state index contributed by atoms with van der Waals surface area (Å²) in [5.41, 5.74) is 3.50. The molecule has 0 aromatic carbocycles. The Kier molecular flexibility index (Phi) is 3.38. The Hall–Kier alpha value is -0.750. The number of likely N-dealkylation sites (tertiary alicyclic amines) is 1. The summed E-state index contributed by atoms with van der Waals surface area (Å²) < 4.78 is 0. The van der Waals surface area contributed by atoms with Gasteiger partial charge in [0.25, 0.3) is 5.91 Å². The van der Waals surface area contributed by atoms with Crippen molar-refractivity contribution in [2.45, 2.75) is 18.4 Å². The van der Waals surface area contributed by atoms with E-state index in [2.05, 4.69) is 12.6 Å². The van der Waals surface area contributed by atoms with E-state index >= 15 is 0 Å². The second-order valence-corrected chi connectivity index (χ2v) is 3.79. The minimum absolute atomic E-state index is 0.0122. The van der Waals surface area contributed by atoms with Crippen molar-refractivity contribution >= 4 is 24.4 Å². The molecule has 1 aliphatic rings. The van der Waals surface area contributed by atoms with Crippen LogP contribution >= 0.6 is 12.6 Å². The summed E-state index contributed by atoms with van der Waals surface area (Å²) >= 11 is 3.85. The van der Waals surface area contributed by atoms with E-state index in [-0.39, 0.29) is 18.2 Å². The molecule has 0 aromatic rings. The Labute approximate surface area is 87.7 Å². The third-order valence-corrected chi connectivity index (χ3v) is 2.69. The fourth-order valence-electron chi connectivity index (χ4n) is 1.55. The lowest BCUT2D eigenvalue weighted by molar-refractivity contribution is -0.147. The molecule has 14 heavy (non-hydrogen) atoms. The van der Waals surface area contributed by atoms with E-state index in [1.54, 1.807) is 0 Å². The molecule has 1 saturated heterocycles. The lowest BCUT2D eigenvalue weighted by atomic mass is 9.92. The van der Waals surface area contributed by atoms with Gasteiger partial charge in [-0.1, -0.05) is 0 Å². The Morgan fingerprint density at radius 3 is 2.71 bits per heavy atom. The highest BCUT2D eigenvalue weighted by Crippen LogP contribution is 2.20. The SMILES string of the molecule is NC(=O)C1(O)CCCN(C(=O)CS)C1. The number of thiol groups is 1. The second kappa shape index (κ2) is 4.18. The van der Waals surface area contributed by atoms with Crippen molar-refractivity contribution in [3.63, 3.8) is 0 Å². The van der Waals surface area contributed by atoms with Gasteiger partial charge in [-0.3, -0.25) is 9.59 Å². The Morgan fingerprint density at radius 1 is 1.57 bits per heavy atom. The molecule has 0 aliphatic carbocycles. The van der Waals surface area contributed by atoms with E-state index in [4.69, 9.17) is 5.73 Å². The number of amides is 2. The van der Waals surface area contributed by atoms with Gasteiger partial charge < -0.3 is 15.7 Å². The van der Waals surface area contributed by atoms with E-state index in [1.807, 2.05) is 0 Å². The summed E-state index contributed by atoms with van der Waals surface area (Å²) in [7, 11) is 0. The quantitative estimate of drug-likeness (QED) is 0.507. The van der Waals surface area contributed by atoms with Crippen LogP contribution in [0.3, 0.4) is 0 Å². The van der Waals surface area contributed by atoms with E-state index in [0.717, 1.165) is 0 Å². The summed E-state index contributed by atoms with van der Waals surface area (Å²) in [6, 6.07) is 0. The third kappa shape index (κ3) is 2.19. The topological polar surface area (TPSA) is 83.6 Å². The molecule has 1 unspecified atom stereocenters. The lowest BCUT2D eigenvalue weighted by Gasteiger charge is -2.36. The molecule has 1 atom stereocenters. The molecule has 3 N–H and O–H groups in total. The molecule has 2 amide bonds. The van der Waals surface area contributed by atoms with Crippen LogP contribution in [0.15, 0.2) is 0 Å². The normalized spacial score (nSPS) is 27.4. The monoisotopic (exact) mass is 218 g/mol. The first-order chi connectivity index (χ1) is 6.49. The van der Waals surface area contributed by atoms with Gasteiger partial charge in [0.2, 0.25) is 5.91 Å². The number of hydrogen-bond acceptors (Lipinski definition) is 4. The Balaban J connectivity index is 2.69. The van der Waals surface area contributed by atoms with Crippen LogP contribution < -0.4 is 5.73 Å². The van der Waals surface area contributed by atoms with Gasteiger partial charge in [0.1, 0.15) is 0 Å². The summed E-state index contributed by atoms with van der Waals surface area (Å²) in [4.78, 5) is 23.6. The number of aliphatic hydroxyl groups is 1. The molecule has 1 fully saturated rings. The molecule has 0 saturated carbocycles. The van der Waals surface area contributed by atoms with Crippen molar-refractivity contribution in [2.24, 2.45) is 5.73 Å². The molecule has 80 valence electrons. The van der Waals surface area contributed by atoms with Gasteiger partial charge in [0, 0.05) is 6.54 Å². The van der Waals surface area contributed by atoms with Gasteiger partial charge in [-0.25, -0.2) is 0 Å². The number of rotatable bonds is 2. The Morgan fingerprint density at radius 2 is 2.21 bits per heavy atom. The summed E-state index contributed by atoms with van der Waals surface area (Å²) in [5, 5.41) is 9.77. The van der Waals surface area contributed by atoms with E-state index in [1.165, 1.54) is 4.90 Å². The lowest BCUT2D eigenvalue weighted by Crippen LogP contribution is -2.57. The van der Waals surface area contributed by atoms with E-state index in [0.29, 0.717) is 19.4 Å². The van der Waals surface area contributed by atoms with Crippen LogP contribution in [0.2, 0.25) is 0 Å². The van der Waals surface area contributed by atoms with E-state index < -0.39 is 11.5 Å². The largest absolute Gasteiger partial charge is 0.378 e. The van der Waals surface area contributed by atoms with Crippen molar-refractivity contribution in [3.05, 3.63) is 0 Å². The van der Waals surface area contributed by atoms with Crippen LogP contribution in [0.1, 0.15) is 12.8 Å². The highest BCUT2D eigenvalue weighted by Gasteiger charge is 2.39. The molecular formula is C8H14N2O3S. The number of β-amino-alcohol motifs (C(OH)–C–C–N with tert-alkyl or cyclic N) is 1. The number of carbonyl (C=O) groups excluding carboxylic acids is 2. The molecule has 1 aliphatic heterocycles. The molecule has 1 heterocycles. The zero-order valence-corrected chi connectivity index (χ0v) is 8.67. The maximum atomic E-state index is 11.3. The zero-order valence-electron chi connectivity index (χ0n) is 7.77. The molecule has 0 spiro atoms. The van der Waals surface area contributed by atoms with Gasteiger partial charge in [0.15, 0.2) is 5.60 Å². The number of nitrogens with two attached hydrogens (primary N) is 1. The van der Waals surface area contributed by atoms with Gasteiger partial charge in [-0.05, 0) is 12.8 Å². The van der Waals surface area contributed by atoms with Crippen LogP contribution in [-0.2, 0) is 9.59 Å². The van der Waals surface area contributed by atoms with Gasteiger partial charge >= 0.3 is 0 Å². The maximum absolute atomic E-state index is 11.3. The second-order valence-electron chi connectivity index (χ2n) is 3.47. The molecule has 6 heteroatoms. The summed E-state index contributed by atoms with van der Waals surface area (Å²) in [6.07, 6.45) is 0.900. The smallest absolute Gasteiger partial charge is 0.251 e. The van der Waals surface area contributed by atoms with Gasteiger partial charge in [-0.15, -0.1) is 0 Å². The standard InChI is InChI=1S/C8H14N2O3S/c9-7(12)8(13)2-1-3-10(5-8)6(11)4-14/h13-14H,1-5H2,(H2,9,12). The van der Waals surface area contributed by atoms with Crippen molar-refractivity contribution in [1.29, 1.82) is 0 Å². The van der Waals surface area contributed by atoms with E-state index in [9.17, 15) is 14.7 Å². The van der Waals surface area contributed by atoms with Crippen molar-refractivity contribution in [2.75, 3.05) is 18.8 Å². The van der Waals surface area contributed by atoms with Crippen LogP contribution in [0.5, 0.6) is 0 Å². The van der Waals surface area contributed by atoms with Gasteiger partial charge in [-0.2, -0.15) is 12.6 Å². The molecule has 1 rings (SSSR count). The van der Waals surface area contributed by atoms with Crippen LogP contribution in [-0.4, -0.2) is 46.3 Å². The van der Waals surface area contributed by atoms with Crippen LogP contribution in [0, 0.1) is 0 Å². The Bertz CT molecular complexity index is 259. The third-order valence-electron chi connectivity index (χ3n) is 2.42. The number of nitrogens with zero attached hydrogens (tertiary/aromatic N) is 1. The number of carbonyl (C=O) groups is 2. The molecule has 0 bridgehead atoms. The fourth-order valence-corrected chi connectivity index (χ4v) is 1.75. The van der Waals surface area contributed by atoms with Gasteiger partial charge in [0.05, 0.1) is 12.3 Å². The first-order valence-corrected chi connectivity index (χ1v) is 5.04. The minimum atomic E-state index is -1.56. The molecule has 0 radical (unpaired) electrons. The fraction of sp³-hybridized carbons (Fsp3) is 0.750.